The number of anilines is 1. The van der Waals surface area contributed by atoms with E-state index in [1.807, 2.05) is 0 Å². The molecule has 10 heteroatoms. The molecule has 0 fully saturated rings. The average molecular weight is 393 g/mol. The molecule has 0 aliphatic heterocycles. The van der Waals surface area contributed by atoms with Crippen molar-refractivity contribution in [2.24, 2.45) is 0 Å². The summed E-state index contributed by atoms with van der Waals surface area (Å²) in [4.78, 5) is 27.5. The van der Waals surface area contributed by atoms with E-state index < -0.39 is 16.6 Å². The molecule has 2 aromatic heterocycles. The highest BCUT2D eigenvalue weighted by molar-refractivity contribution is 7.15. The summed E-state index contributed by atoms with van der Waals surface area (Å²) in [5.41, 5.74) is 0.955. The van der Waals surface area contributed by atoms with Crippen molar-refractivity contribution in [3.05, 3.63) is 55.3 Å². The SMILES string of the molecule is COc1ccc(-c2csc(NC(=O)c3cc([N+](=O)[O-])c(C)s3)n2)cc1F. The van der Waals surface area contributed by atoms with Crippen LogP contribution in [0.2, 0.25) is 0 Å². The van der Waals surface area contributed by atoms with E-state index in [4.69, 9.17) is 4.74 Å². The minimum atomic E-state index is -0.525. The Morgan fingerprint density at radius 2 is 2.15 bits per heavy atom. The maximum Gasteiger partial charge on any atom is 0.283 e. The number of thiazole rings is 1. The molecule has 3 aromatic rings. The molecule has 0 saturated carbocycles. The lowest BCUT2D eigenvalue weighted by Crippen LogP contribution is -2.09. The third kappa shape index (κ3) is 3.55. The van der Waals surface area contributed by atoms with E-state index >= 15 is 0 Å². The fraction of sp³-hybridized carbons (Fsp3) is 0.125. The minimum Gasteiger partial charge on any atom is -0.494 e. The number of nitrogens with one attached hydrogen (secondary N) is 1. The predicted octanol–water partition coefficient (Wildman–Crippen LogP) is 4.49. The monoisotopic (exact) mass is 393 g/mol. The number of thiophene rings is 1. The Kier molecular flexibility index (Phi) is 4.96. The molecule has 3 rings (SSSR count). The van der Waals surface area contributed by atoms with Gasteiger partial charge in [0.05, 0.1) is 27.5 Å². The van der Waals surface area contributed by atoms with Crippen molar-refractivity contribution in [1.29, 1.82) is 0 Å². The van der Waals surface area contributed by atoms with Crippen molar-refractivity contribution < 1.29 is 18.8 Å². The van der Waals surface area contributed by atoms with Crippen LogP contribution in [0.3, 0.4) is 0 Å². The van der Waals surface area contributed by atoms with Crippen molar-refractivity contribution in [2.75, 3.05) is 12.4 Å². The third-order valence-electron chi connectivity index (χ3n) is 3.48. The maximum atomic E-state index is 13.8. The number of amides is 1. The molecule has 2 heterocycles. The number of halogens is 1. The molecule has 1 amide bonds. The fourth-order valence-corrected chi connectivity index (χ4v) is 3.81. The van der Waals surface area contributed by atoms with Crippen molar-refractivity contribution in [3.63, 3.8) is 0 Å². The molecule has 0 bridgehead atoms. The molecule has 0 atom stereocenters. The Hall–Kier alpha value is -2.85. The van der Waals surface area contributed by atoms with Crippen LogP contribution < -0.4 is 10.1 Å². The summed E-state index contributed by atoms with van der Waals surface area (Å²) in [7, 11) is 1.38. The molecular weight excluding hydrogens is 381 g/mol. The van der Waals surface area contributed by atoms with E-state index in [9.17, 15) is 19.3 Å². The second kappa shape index (κ2) is 7.18. The molecule has 26 heavy (non-hydrogen) atoms. The Morgan fingerprint density at radius 3 is 2.77 bits per heavy atom. The second-order valence-corrected chi connectivity index (χ2v) is 7.26. The van der Waals surface area contributed by atoms with Crippen LogP contribution in [0.5, 0.6) is 5.75 Å². The number of benzene rings is 1. The zero-order chi connectivity index (χ0) is 18.8. The Labute approximate surface area is 155 Å². The summed E-state index contributed by atoms with van der Waals surface area (Å²) in [6.45, 7) is 1.58. The highest BCUT2D eigenvalue weighted by atomic mass is 32.1. The standard InChI is InChI=1S/C16H12FN3O4S2/c1-8-12(20(22)23)6-14(26-8)15(21)19-16-18-11(7-25-16)9-3-4-13(24-2)10(17)5-9/h3-7H,1-2H3,(H,18,19,21). The molecule has 0 aliphatic rings. The first-order chi connectivity index (χ1) is 12.4. The highest BCUT2D eigenvalue weighted by Crippen LogP contribution is 2.31. The average Bonchev–Trinajstić information content (AvgIpc) is 3.21. The molecule has 0 saturated heterocycles. The van der Waals surface area contributed by atoms with E-state index in [1.165, 1.54) is 36.6 Å². The Morgan fingerprint density at radius 1 is 1.38 bits per heavy atom. The normalized spacial score (nSPS) is 10.6. The van der Waals surface area contributed by atoms with E-state index in [-0.39, 0.29) is 16.3 Å². The lowest BCUT2D eigenvalue weighted by Gasteiger charge is -2.03. The van der Waals surface area contributed by atoms with Gasteiger partial charge in [-0.05, 0) is 25.1 Å². The summed E-state index contributed by atoms with van der Waals surface area (Å²) in [6.07, 6.45) is 0. The largest absolute Gasteiger partial charge is 0.494 e. The smallest absolute Gasteiger partial charge is 0.283 e. The number of aryl methyl sites for hydroxylation is 1. The van der Waals surface area contributed by atoms with Gasteiger partial charge in [0.15, 0.2) is 16.7 Å². The Balaban J connectivity index is 1.78. The number of hydrogen-bond donors (Lipinski definition) is 1. The first-order valence-corrected chi connectivity index (χ1v) is 8.94. The number of rotatable bonds is 5. The first-order valence-electron chi connectivity index (χ1n) is 7.24. The van der Waals surface area contributed by atoms with Gasteiger partial charge >= 0.3 is 0 Å². The van der Waals surface area contributed by atoms with Crippen LogP contribution in [-0.2, 0) is 0 Å². The predicted molar refractivity (Wildman–Crippen MR) is 97.7 cm³/mol. The molecule has 134 valence electrons. The quantitative estimate of drug-likeness (QED) is 0.509. The number of nitro groups is 1. The van der Waals surface area contributed by atoms with Crippen molar-refractivity contribution in [1.82, 2.24) is 4.98 Å². The van der Waals surface area contributed by atoms with Gasteiger partial charge in [-0.3, -0.25) is 20.2 Å². The van der Waals surface area contributed by atoms with Gasteiger partial charge in [-0.1, -0.05) is 0 Å². The van der Waals surface area contributed by atoms with Crippen LogP contribution >= 0.6 is 22.7 Å². The van der Waals surface area contributed by atoms with Gasteiger partial charge in [-0.2, -0.15) is 0 Å². The zero-order valence-electron chi connectivity index (χ0n) is 13.6. The molecule has 0 aliphatic carbocycles. The summed E-state index contributed by atoms with van der Waals surface area (Å²) < 4.78 is 18.7. The summed E-state index contributed by atoms with van der Waals surface area (Å²) in [5, 5.41) is 15.5. The number of ether oxygens (including phenoxy) is 1. The third-order valence-corrected chi connectivity index (χ3v) is 5.28. The molecule has 0 unspecified atom stereocenters. The van der Waals surface area contributed by atoms with Gasteiger partial charge in [0, 0.05) is 17.0 Å². The summed E-state index contributed by atoms with van der Waals surface area (Å²) in [5.74, 6) is -0.856. The minimum absolute atomic E-state index is 0.0892. The highest BCUT2D eigenvalue weighted by Gasteiger charge is 2.20. The molecular formula is C16H12FN3O4S2. The number of carbonyl (C=O) groups excluding carboxylic acids is 1. The van der Waals surface area contributed by atoms with Gasteiger partial charge < -0.3 is 4.74 Å². The van der Waals surface area contributed by atoms with E-state index in [0.717, 1.165) is 11.3 Å². The number of carbonyl (C=O) groups is 1. The van der Waals surface area contributed by atoms with Crippen molar-refractivity contribution in [3.8, 4) is 17.0 Å². The number of nitrogens with zero attached hydrogens (tertiary/aromatic N) is 2. The van der Waals surface area contributed by atoms with Crippen LogP contribution in [0.25, 0.3) is 11.3 Å². The van der Waals surface area contributed by atoms with Gasteiger partial charge in [-0.25, -0.2) is 9.37 Å². The molecule has 0 radical (unpaired) electrons. The summed E-state index contributed by atoms with van der Waals surface area (Å²) in [6, 6.07) is 5.69. The second-order valence-electron chi connectivity index (χ2n) is 5.15. The number of hydrogen-bond acceptors (Lipinski definition) is 7. The zero-order valence-corrected chi connectivity index (χ0v) is 15.2. The fourth-order valence-electron chi connectivity index (χ4n) is 2.21. The van der Waals surface area contributed by atoms with Crippen LogP contribution in [0.1, 0.15) is 14.5 Å². The van der Waals surface area contributed by atoms with Gasteiger partial charge in [-0.15, -0.1) is 22.7 Å². The Bertz CT molecular complexity index is 999. The van der Waals surface area contributed by atoms with E-state index in [2.05, 4.69) is 10.3 Å². The molecule has 0 spiro atoms. The van der Waals surface area contributed by atoms with Crippen LogP contribution in [0, 0.1) is 22.9 Å². The maximum absolute atomic E-state index is 13.8. The molecule has 1 aromatic carbocycles. The topological polar surface area (TPSA) is 94.4 Å². The van der Waals surface area contributed by atoms with Crippen LogP contribution in [0.15, 0.2) is 29.6 Å². The van der Waals surface area contributed by atoms with Crippen molar-refractivity contribution in [2.45, 2.75) is 6.92 Å². The molecule has 7 nitrogen and oxygen atoms in total. The van der Waals surface area contributed by atoms with Crippen molar-refractivity contribution >= 4 is 39.4 Å². The van der Waals surface area contributed by atoms with E-state index in [0.29, 0.717) is 21.3 Å². The van der Waals surface area contributed by atoms with Gasteiger partial charge in [0.1, 0.15) is 0 Å². The van der Waals surface area contributed by atoms with Gasteiger partial charge in [0.2, 0.25) is 0 Å². The van der Waals surface area contributed by atoms with Crippen LogP contribution in [-0.4, -0.2) is 22.9 Å². The number of aromatic nitrogens is 1. The lowest BCUT2D eigenvalue weighted by atomic mass is 10.1. The first kappa shape index (κ1) is 18.0. The summed E-state index contributed by atoms with van der Waals surface area (Å²) >= 11 is 2.21. The number of methoxy groups -OCH3 is 1. The van der Waals surface area contributed by atoms with Crippen LogP contribution in [0.4, 0.5) is 15.2 Å². The van der Waals surface area contributed by atoms with E-state index in [1.54, 1.807) is 18.4 Å². The lowest BCUT2D eigenvalue weighted by molar-refractivity contribution is -0.385. The van der Waals surface area contributed by atoms with Gasteiger partial charge in [0.25, 0.3) is 11.6 Å². The molecule has 1 N–H and O–H groups in total.